The summed E-state index contributed by atoms with van der Waals surface area (Å²) in [5, 5.41) is 10.9. The Labute approximate surface area is 94.8 Å². The molecule has 0 amide bonds. The van der Waals surface area contributed by atoms with Crippen LogP contribution in [0.15, 0.2) is 36.2 Å². The molecule has 0 aromatic heterocycles. The van der Waals surface area contributed by atoms with Gasteiger partial charge in [-0.2, -0.15) is 0 Å². The van der Waals surface area contributed by atoms with E-state index in [-0.39, 0.29) is 5.70 Å². The molecule has 1 heterocycles. The van der Waals surface area contributed by atoms with Gasteiger partial charge in [-0.3, -0.25) is 10.1 Å². The van der Waals surface area contributed by atoms with Crippen LogP contribution in [-0.2, 0) is 4.74 Å². The molecule has 1 rings (SSSR count). The van der Waals surface area contributed by atoms with E-state index in [4.69, 9.17) is 4.74 Å². The van der Waals surface area contributed by atoms with Crippen molar-refractivity contribution in [2.75, 3.05) is 26.3 Å². The number of nitro groups is 1. The Hall–Kier alpha value is -1.62. The molecule has 0 atom stereocenters. The third-order valence-corrected chi connectivity index (χ3v) is 2.33. The zero-order valence-corrected chi connectivity index (χ0v) is 9.39. The number of hydrogen-bond acceptors (Lipinski definition) is 4. The smallest absolute Gasteiger partial charge is 0.291 e. The van der Waals surface area contributed by atoms with Crippen molar-refractivity contribution < 1.29 is 9.66 Å². The Morgan fingerprint density at radius 3 is 2.62 bits per heavy atom. The Bertz CT molecular complexity index is 328. The number of nitrogens with zero attached hydrogens (tertiary/aromatic N) is 2. The van der Waals surface area contributed by atoms with E-state index in [9.17, 15) is 10.1 Å². The first-order valence-electron chi connectivity index (χ1n) is 5.16. The lowest BCUT2D eigenvalue weighted by Crippen LogP contribution is -2.36. The van der Waals surface area contributed by atoms with Gasteiger partial charge in [-0.25, -0.2) is 0 Å². The van der Waals surface area contributed by atoms with Crippen molar-refractivity contribution in [3.63, 3.8) is 0 Å². The van der Waals surface area contributed by atoms with Crippen LogP contribution < -0.4 is 0 Å². The van der Waals surface area contributed by atoms with Gasteiger partial charge in [0.15, 0.2) is 0 Å². The average molecular weight is 224 g/mol. The van der Waals surface area contributed by atoms with Gasteiger partial charge in [-0.05, 0) is 6.92 Å². The molecule has 1 aliphatic rings. The highest BCUT2D eigenvalue weighted by Crippen LogP contribution is 2.15. The van der Waals surface area contributed by atoms with Crippen molar-refractivity contribution in [1.29, 1.82) is 0 Å². The molecule has 0 unspecified atom stereocenters. The Morgan fingerprint density at radius 1 is 1.50 bits per heavy atom. The zero-order chi connectivity index (χ0) is 12.0. The third-order valence-electron chi connectivity index (χ3n) is 2.33. The molecule has 1 fully saturated rings. The van der Waals surface area contributed by atoms with Crippen molar-refractivity contribution in [1.82, 2.24) is 4.90 Å². The first-order valence-corrected chi connectivity index (χ1v) is 5.16. The number of ether oxygens (including phenoxy) is 1. The molecule has 88 valence electrons. The van der Waals surface area contributed by atoms with E-state index in [1.165, 1.54) is 6.08 Å². The van der Waals surface area contributed by atoms with Crippen LogP contribution >= 0.6 is 0 Å². The molecule has 0 aromatic carbocycles. The van der Waals surface area contributed by atoms with E-state index in [2.05, 4.69) is 6.58 Å². The molecule has 0 aromatic rings. The summed E-state index contributed by atoms with van der Waals surface area (Å²) in [4.78, 5) is 12.3. The van der Waals surface area contributed by atoms with Gasteiger partial charge in [0.2, 0.25) is 0 Å². The molecule has 0 radical (unpaired) electrons. The molecular formula is C11H16N2O3. The normalized spacial score (nSPS) is 17.8. The van der Waals surface area contributed by atoms with Gasteiger partial charge in [-0.15, -0.1) is 0 Å². The molecular weight excluding hydrogens is 208 g/mol. The van der Waals surface area contributed by atoms with Crippen LogP contribution in [0.3, 0.4) is 0 Å². The lowest BCUT2D eigenvalue weighted by molar-refractivity contribution is -0.422. The van der Waals surface area contributed by atoms with E-state index < -0.39 is 4.92 Å². The fraction of sp³-hybridized carbons (Fsp3) is 0.455. The summed E-state index contributed by atoms with van der Waals surface area (Å²) in [6.07, 6.45) is 4.86. The fourth-order valence-electron chi connectivity index (χ4n) is 1.45. The summed E-state index contributed by atoms with van der Waals surface area (Å²) < 4.78 is 5.19. The highest BCUT2D eigenvalue weighted by Gasteiger charge is 2.22. The predicted molar refractivity (Wildman–Crippen MR) is 61.4 cm³/mol. The van der Waals surface area contributed by atoms with E-state index >= 15 is 0 Å². The highest BCUT2D eigenvalue weighted by atomic mass is 16.6. The number of hydrogen-bond donors (Lipinski definition) is 0. The Morgan fingerprint density at radius 2 is 2.12 bits per heavy atom. The van der Waals surface area contributed by atoms with Gasteiger partial charge in [0.25, 0.3) is 5.70 Å². The maximum atomic E-state index is 10.9. The van der Waals surface area contributed by atoms with E-state index in [1.807, 2.05) is 11.8 Å². The fourth-order valence-corrected chi connectivity index (χ4v) is 1.45. The summed E-state index contributed by atoms with van der Waals surface area (Å²) in [6, 6.07) is 0. The molecule has 1 saturated heterocycles. The van der Waals surface area contributed by atoms with Gasteiger partial charge in [0.1, 0.15) is 5.70 Å². The van der Waals surface area contributed by atoms with Gasteiger partial charge in [0.05, 0.1) is 18.1 Å². The number of morpholine rings is 1. The monoisotopic (exact) mass is 224 g/mol. The second-order valence-electron chi connectivity index (χ2n) is 3.38. The quantitative estimate of drug-likeness (QED) is 0.413. The van der Waals surface area contributed by atoms with Crippen LogP contribution in [0.2, 0.25) is 0 Å². The topological polar surface area (TPSA) is 55.6 Å². The van der Waals surface area contributed by atoms with E-state index in [1.54, 1.807) is 12.2 Å². The van der Waals surface area contributed by atoms with Crippen LogP contribution in [0.5, 0.6) is 0 Å². The number of rotatable bonds is 4. The second kappa shape index (κ2) is 6.07. The highest BCUT2D eigenvalue weighted by molar-refractivity contribution is 5.25. The van der Waals surface area contributed by atoms with E-state index in [0.717, 1.165) is 0 Å². The summed E-state index contributed by atoms with van der Waals surface area (Å²) in [5.74, 6) is 0. The van der Waals surface area contributed by atoms with Crippen LogP contribution in [-0.4, -0.2) is 36.1 Å². The molecule has 0 N–H and O–H groups in total. The van der Waals surface area contributed by atoms with Crippen molar-refractivity contribution in [2.45, 2.75) is 6.92 Å². The lowest BCUT2D eigenvalue weighted by Gasteiger charge is -2.28. The van der Waals surface area contributed by atoms with E-state index in [0.29, 0.717) is 32.0 Å². The first-order chi connectivity index (χ1) is 7.66. The summed E-state index contributed by atoms with van der Waals surface area (Å²) in [7, 11) is 0. The molecule has 5 nitrogen and oxygen atoms in total. The van der Waals surface area contributed by atoms with Crippen LogP contribution in [0.1, 0.15) is 6.92 Å². The van der Waals surface area contributed by atoms with Gasteiger partial charge >= 0.3 is 0 Å². The standard InChI is InChI=1S/C11H16N2O3/c1-3-4-5-11(13(14)15)10(2)12-6-8-16-9-7-12/h3-5H,2,6-9H2,1H3/b4-3-,11-5+. The summed E-state index contributed by atoms with van der Waals surface area (Å²) >= 11 is 0. The minimum atomic E-state index is -0.405. The van der Waals surface area contributed by atoms with Crippen LogP contribution in [0.4, 0.5) is 0 Å². The van der Waals surface area contributed by atoms with Gasteiger partial charge in [0, 0.05) is 19.2 Å². The minimum Gasteiger partial charge on any atom is -0.378 e. The average Bonchev–Trinajstić information content (AvgIpc) is 2.30. The van der Waals surface area contributed by atoms with Crippen LogP contribution in [0, 0.1) is 10.1 Å². The van der Waals surface area contributed by atoms with Gasteiger partial charge < -0.3 is 9.64 Å². The van der Waals surface area contributed by atoms with Crippen molar-refractivity contribution >= 4 is 0 Å². The second-order valence-corrected chi connectivity index (χ2v) is 3.38. The third kappa shape index (κ3) is 3.20. The maximum Gasteiger partial charge on any atom is 0.291 e. The zero-order valence-electron chi connectivity index (χ0n) is 9.39. The SMILES string of the molecule is C=C(/C(=C\C=C/C)[N+](=O)[O-])N1CCOCC1. The molecule has 0 bridgehead atoms. The Kier molecular flexibility index (Phi) is 4.72. The molecule has 0 spiro atoms. The predicted octanol–water partition coefficient (Wildman–Crippen LogP) is 1.57. The Balaban J connectivity index is 2.77. The van der Waals surface area contributed by atoms with Crippen molar-refractivity contribution in [3.8, 4) is 0 Å². The van der Waals surface area contributed by atoms with Gasteiger partial charge in [-0.1, -0.05) is 18.7 Å². The summed E-state index contributed by atoms with van der Waals surface area (Å²) in [5.41, 5.74) is 0.492. The minimum absolute atomic E-state index is 0.0417. The number of allylic oxidation sites excluding steroid dienone is 3. The lowest BCUT2D eigenvalue weighted by atomic mass is 10.2. The van der Waals surface area contributed by atoms with Crippen molar-refractivity contribution in [3.05, 3.63) is 46.3 Å². The molecule has 0 aliphatic carbocycles. The van der Waals surface area contributed by atoms with Crippen molar-refractivity contribution in [2.24, 2.45) is 0 Å². The first kappa shape index (κ1) is 12.4. The summed E-state index contributed by atoms with van der Waals surface area (Å²) in [6.45, 7) is 8.08. The molecule has 5 heteroatoms. The molecule has 0 saturated carbocycles. The van der Waals surface area contributed by atoms with Crippen LogP contribution in [0.25, 0.3) is 0 Å². The maximum absolute atomic E-state index is 10.9. The molecule has 1 aliphatic heterocycles. The molecule has 16 heavy (non-hydrogen) atoms. The largest absolute Gasteiger partial charge is 0.378 e.